The number of fused-ring (bicyclic) bond motifs is 1. The molecule has 2 rings (SSSR count). The fraction of sp³-hybridized carbons (Fsp3) is 0.462. The molecule has 0 amide bonds. The van der Waals surface area contributed by atoms with Crippen molar-refractivity contribution in [3.8, 4) is 0 Å². The van der Waals surface area contributed by atoms with Gasteiger partial charge in [-0.25, -0.2) is 0 Å². The molecule has 0 saturated heterocycles. The maximum atomic E-state index is 10.9. The van der Waals surface area contributed by atoms with Crippen LogP contribution in [0.25, 0.3) is 11.1 Å². The Labute approximate surface area is 111 Å². The fourth-order valence-corrected chi connectivity index (χ4v) is 1.82. The largest absolute Gasteiger partial charge is 0.423 e. The molecule has 0 spiro atoms. The Morgan fingerprint density at radius 2 is 2.11 bits per heavy atom. The van der Waals surface area contributed by atoms with Gasteiger partial charge in [-0.2, -0.15) is 4.98 Å². The van der Waals surface area contributed by atoms with Crippen molar-refractivity contribution >= 4 is 22.8 Å². The van der Waals surface area contributed by atoms with Crippen LogP contribution in [0.2, 0.25) is 0 Å². The number of hydrogen-bond acceptors (Lipinski definition) is 5. The van der Waals surface area contributed by atoms with E-state index in [1.807, 2.05) is 0 Å². The Hall–Kier alpha value is -2.11. The van der Waals surface area contributed by atoms with E-state index < -0.39 is 4.92 Å². The van der Waals surface area contributed by atoms with E-state index in [1.165, 1.54) is 6.07 Å². The van der Waals surface area contributed by atoms with Gasteiger partial charge in [0.2, 0.25) is 0 Å². The Bertz CT molecular complexity index is 602. The van der Waals surface area contributed by atoms with E-state index in [9.17, 15) is 10.1 Å². The summed E-state index contributed by atoms with van der Waals surface area (Å²) in [7, 11) is 0. The van der Waals surface area contributed by atoms with Gasteiger partial charge in [0.25, 0.3) is 11.7 Å². The van der Waals surface area contributed by atoms with Crippen LogP contribution in [0, 0.1) is 10.1 Å². The van der Waals surface area contributed by atoms with Crippen LogP contribution < -0.4 is 5.32 Å². The molecule has 6 nitrogen and oxygen atoms in total. The van der Waals surface area contributed by atoms with Crippen LogP contribution in [0.1, 0.15) is 33.6 Å². The summed E-state index contributed by atoms with van der Waals surface area (Å²) in [6.45, 7) is 6.21. The topological polar surface area (TPSA) is 81.2 Å². The van der Waals surface area contributed by atoms with Crippen molar-refractivity contribution in [3.63, 3.8) is 0 Å². The van der Waals surface area contributed by atoms with Crippen molar-refractivity contribution in [2.75, 3.05) is 5.32 Å². The zero-order chi connectivity index (χ0) is 14.0. The summed E-state index contributed by atoms with van der Waals surface area (Å²) in [5, 5.41) is 14.1. The lowest BCUT2D eigenvalue weighted by Crippen LogP contribution is -2.33. The quantitative estimate of drug-likeness (QED) is 0.656. The average molecular weight is 263 g/mol. The Kier molecular flexibility index (Phi) is 3.42. The number of nitrogens with zero attached hydrogens (tertiary/aromatic N) is 2. The van der Waals surface area contributed by atoms with Crippen molar-refractivity contribution in [1.82, 2.24) is 4.98 Å². The first-order valence-electron chi connectivity index (χ1n) is 6.31. The lowest BCUT2D eigenvalue weighted by molar-refractivity contribution is -0.383. The lowest BCUT2D eigenvalue weighted by atomic mass is 9.96. The Morgan fingerprint density at radius 1 is 1.42 bits per heavy atom. The highest BCUT2D eigenvalue weighted by Gasteiger charge is 2.23. The number of hydrogen-bond donors (Lipinski definition) is 1. The van der Waals surface area contributed by atoms with Crippen LogP contribution in [0.15, 0.2) is 22.6 Å². The van der Waals surface area contributed by atoms with Crippen LogP contribution in [-0.2, 0) is 0 Å². The second-order valence-electron chi connectivity index (χ2n) is 4.79. The van der Waals surface area contributed by atoms with Gasteiger partial charge in [-0.05, 0) is 25.8 Å². The summed E-state index contributed by atoms with van der Waals surface area (Å²) in [6, 6.07) is 5.02. The molecular formula is C13H17N3O3. The first-order chi connectivity index (χ1) is 8.99. The third-order valence-electron chi connectivity index (χ3n) is 3.56. The minimum absolute atomic E-state index is 0.0380. The lowest BCUT2D eigenvalue weighted by Gasteiger charge is -2.26. The van der Waals surface area contributed by atoms with E-state index in [0.717, 1.165) is 12.8 Å². The number of nitro groups is 1. The van der Waals surface area contributed by atoms with E-state index in [4.69, 9.17) is 4.42 Å². The molecule has 0 aliphatic carbocycles. The number of para-hydroxylation sites is 1. The minimum Gasteiger partial charge on any atom is -0.423 e. The molecule has 0 aliphatic rings. The van der Waals surface area contributed by atoms with Crippen LogP contribution in [0.3, 0.4) is 0 Å². The molecule has 0 bridgehead atoms. The van der Waals surface area contributed by atoms with Gasteiger partial charge in [0, 0.05) is 11.6 Å². The number of nitro benzene ring substituents is 1. The van der Waals surface area contributed by atoms with Crippen molar-refractivity contribution in [2.24, 2.45) is 0 Å². The highest BCUT2D eigenvalue weighted by atomic mass is 16.6. The van der Waals surface area contributed by atoms with Crippen LogP contribution in [0.4, 0.5) is 11.7 Å². The van der Waals surface area contributed by atoms with Crippen molar-refractivity contribution < 1.29 is 9.34 Å². The molecule has 0 aliphatic heterocycles. The first kappa shape index (κ1) is 13.3. The molecule has 2 aromatic rings. The SMILES string of the molecule is CCC(C)(CC)Nc1nc2c([N+](=O)[O-])cccc2o1. The monoisotopic (exact) mass is 263 g/mol. The van der Waals surface area contributed by atoms with E-state index in [1.54, 1.807) is 12.1 Å². The van der Waals surface area contributed by atoms with E-state index in [-0.39, 0.29) is 16.7 Å². The summed E-state index contributed by atoms with van der Waals surface area (Å²) in [5.41, 5.74) is 0.537. The molecule has 1 N–H and O–H groups in total. The Balaban J connectivity index is 2.42. The third-order valence-corrected chi connectivity index (χ3v) is 3.56. The molecule has 0 fully saturated rings. The molecule has 6 heteroatoms. The maximum absolute atomic E-state index is 10.9. The van der Waals surface area contributed by atoms with Crippen LogP contribution in [0.5, 0.6) is 0 Å². The molecule has 1 aromatic heterocycles. The van der Waals surface area contributed by atoms with E-state index in [0.29, 0.717) is 11.6 Å². The number of benzene rings is 1. The summed E-state index contributed by atoms with van der Waals surface area (Å²) in [6.07, 6.45) is 1.81. The highest BCUT2D eigenvalue weighted by molar-refractivity contribution is 5.84. The number of aromatic nitrogens is 1. The van der Waals surface area contributed by atoms with Crippen molar-refractivity contribution in [3.05, 3.63) is 28.3 Å². The number of rotatable bonds is 5. The van der Waals surface area contributed by atoms with E-state index in [2.05, 4.69) is 31.1 Å². The molecule has 0 radical (unpaired) electrons. The second kappa shape index (κ2) is 4.87. The molecule has 0 atom stereocenters. The summed E-state index contributed by atoms with van der Waals surface area (Å²) < 4.78 is 5.53. The summed E-state index contributed by atoms with van der Waals surface area (Å²) >= 11 is 0. The molecule has 0 saturated carbocycles. The van der Waals surface area contributed by atoms with Crippen molar-refractivity contribution in [1.29, 1.82) is 0 Å². The zero-order valence-corrected chi connectivity index (χ0v) is 11.3. The zero-order valence-electron chi connectivity index (χ0n) is 11.3. The van der Waals surface area contributed by atoms with Gasteiger partial charge in [-0.15, -0.1) is 0 Å². The minimum atomic E-state index is -0.451. The maximum Gasteiger partial charge on any atom is 0.298 e. The number of non-ortho nitro benzene ring substituents is 1. The normalized spacial score (nSPS) is 11.7. The van der Waals surface area contributed by atoms with Gasteiger partial charge < -0.3 is 9.73 Å². The molecular weight excluding hydrogens is 246 g/mol. The predicted octanol–water partition coefficient (Wildman–Crippen LogP) is 3.73. The van der Waals surface area contributed by atoms with Gasteiger partial charge in [0.15, 0.2) is 11.1 Å². The van der Waals surface area contributed by atoms with Crippen molar-refractivity contribution in [2.45, 2.75) is 39.2 Å². The molecule has 0 unspecified atom stereocenters. The fourth-order valence-electron chi connectivity index (χ4n) is 1.82. The Morgan fingerprint density at radius 3 is 2.68 bits per heavy atom. The van der Waals surface area contributed by atoms with Crippen LogP contribution in [-0.4, -0.2) is 15.4 Å². The average Bonchev–Trinajstić information content (AvgIpc) is 2.79. The predicted molar refractivity (Wildman–Crippen MR) is 73.3 cm³/mol. The molecule has 102 valence electrons. The summed E-state index contributed by atoms with van der Waals surface area (Å²) in [5.74, 6) is 0. The standard InChI is InChI=1S/C13H17N3O3/c1-4-13(3,5-2)15-12-14-11-9(16(17)18)7-6-8-10(11)19-12/h6-8H,4-5H2,1-3H3,(H,14,15). The van der Waals surface area contributed by atoms with Gasteiger partial charge in [-0.3, -0.25) is 10.1 Å². The summed E-state index contributed by atoms with van der Waals surface area (Å²) in [4.78, 5) is 14.7. The van der Waals surface area contributed by atoms with Gasteiger partial charge >= 0.3 is 0 Å². The van der Waals surface area contributed by atoms with E-state index >= 15 is 0 Å². The van der Waals surface area contributed by atoms with Crippen LogP contribution >= 0.6 is 0 Å². The smallest absolute Gasteiger partial charge is 0.298 e. The number of nitrogens with one attached hydrogen (secondary N) is 1. The third kappa shape index (κ3) is 2.52. The van der Waals surface area contributed by atoms with Gasteiger partial charge in [-0.1, -0.05) is 19.9 Å². The highest BCUT2D eigenvalue weighted by Crippen LogP contribution is 2.29. The number of oxazole rings is 1. The molecule has 1 aromatic carbocycles. The van der Waals surface area contributed by atoms with Gasteiger partial charge in [0.05, 0.1) is 4.92 Å². The first-order valence-corrected chi connectivity index (χ1v) is 6.31. The number of anilines is 1. The molecule has 1 heterocycles. The molecule has 19 heavy (non-hydrogen) atoms. The second-order valence-corrected chi connectivity index (χ2v) is 4.79. The van der Waals surface area contributed by atoms with Gasteiger partial charge in [0.1, 0.15) is 0 Å².